The van der Waals surface area contributed by atoms with Crippen molar-refractivity contribution in [2.75, 3.05) is 12.9 Å². The maximum atomic E-state index is 12.6. The number of ether oxygens (including phenoxy) is 1. The van der Waals surface area contributed by atoms with E-state index in [0.717, 1.165) is 22.6 Å². The Balaban J connectivity index is 1.93. The van der Waals surface area contributed by atoms with Gasteiger partial charge in [-0.15, -0.1) is 11.8 Å². The fourth-order valence-corrected chi connectivity index (χ4v) is 3.59. The van der Waals surface area contributed by atoms with Gasteiger partial charge in [0, 0.05) is 16.2 Å². The predicted molar refractivity (Wildman–Crippen MR) is 77.2 cm³/mol. The Hall–Kier alpha value is -1.74. The normalized spacial score (nSPS) is 17.0. The Labute approximate surface area is 116 Å². The van der Waals surface area contributed by atoms with Gasteiger partial charge in [-0.05, 0) is 23.8 Å². The number of carbonyl (C=O) groups is 1. The second kappa shape index (κ2) is 5.10. The van der Waals surface area contributed by atoms with Crippen molar-refractivity contribution in [1.82, 2.24) is 0 Å². The third-order valence-corrected chi connectivity index (χ3v) is 4.55. The van der Waals surface area contributed by atoms with Gasteiger partial charge in [-0.3, -0.25) is 4.79 Å². The van der Waals surface area contributed by atoms with Crippen LogP contribution in [0.15, 0.2) is 53.4 Å². The first-order chi connectivity index (χ1) is 9.29. The van der Waals surface area contributed by atoms with Gasteiger partial charge in [0.05, 0.1) is 13.0 Å². The molecule has 3 rings (SSSR count). The lowest BCUT2D eigenvalue weighted by molar-refractivity contribution is 0.0968. The maximum absolute atomic E-state index is 12.6. The first-order valence-corrected chi connectivity index (χ1v) is 7.18. The van der Waals surface area contributed by atoms with Gasteiger partial charge < -0.3 is 4.74 Å². The number of ketones is 1. The van der Waals surface area contributed by atoms with E-state index in [-0.39, 0.29) is 11.7 Å². The average molecular weight is 270 g/mol. The van der Waals surface area contributed by atoms with Crippen molar-refractivity contribution < 1.29 is 9.53 Å². The second-order valence-electron chi connectivity index (χ2n) is 4.50. The molecule has 1 heterocycles. The van der Waals surface area contributed by atoms with Gasteiger partial charge >= 0.3 is 0 Å². The van der Waals surface area contributed by atoms with Crippen LogP contribution in [0.3, 0.4) is 0 Å². The van der Waals surface area contributed by atoms with Gasteiger partial charge in [0.25, 0.3) is 0 Å². The summed E-state index contributed by atoms with van der Waals surface area (Å²) in [5, 5.41) is 0. The molecule has 0 aromatic heterocycles. The van der Waals surface area contributed by atoms with Crippen LogP contribution < -0.4 is 4.74 Å². The molecule has 0 bridgehead atoms. The Morgan fingerprint density at radius 3 is 2.89 bits per heavy atom. The summed E-state index contributed by atoms with van der Waals surface area (Å²) in [5.74, 6) is 1.70. The topological polar surface area (TPSA) is 26.3 Å². The third-order valence-electron chi connectivity index (χ3n) is 3.37. The molecule has 2 nitrogen and oxygen atoms in total. The highest BCUT2D eigenvalue weighted by molar-refractivity contribution is 7.99. The molecule has 2 aromatic carbocycles. The fourth-order valence-electron chi connectivity index (χ4n) is 2.36. The molecule has 0 saturated heterocycles. The largest absolute Gasteiger partial charge is 0.497 e. The van der Waals surface area contributed by atoms with Crippen LogP contribution in [0, 0.1) is 0 Å². The van der Waals surface area contributed by atoms with E-state index in [9.17, 15) is 4.79 Å². The number of benzene rings is 2. The zero-order chi connectivity index (χ0) is 13.2. The third kappa shape index (κ3) is 2.26. The van der Waals surface area contributed by atoms with Crippen molar-refractivity contribution in [3.8, 4) is 5.75 Å². The number of carbonyl (C=O) groups excluding carboxylic acids is 1. The summed E-state index contributed by atoms with van der Waals surface area (Å²) in [5.41, 5.74) is 1.88. The summed E-state index contributed by atoms with van der Waals surface area (Å²) in [6.07, 6.45) is 0. The van der Waals surface area contributed by atoms with Crippen molar-refractivity contribution in [2.24, 2.45) is 0 Å². The molecule has 0 aliphatic carbocycles. The summed E-state index contributed by atoms with van der Waals surface area (Å²) >= 11 is 1.76. The highest BCUT2D eigenvalue weighted by Crippen LogP contribution is 2.41. The number of thioether (sulfide) groups is 1. The fraction of sp³-hybridized carbons (Fsp3) is 0.188. The van der Waals surface area contributed by atoms with Gasteiger partial charge in [0.2, 0.25) is 0 Å². The van der Waals surface area contributed by atoms with Crippen LogP contribution in [0.25, 0.3) is 0 Å². The first-order valence-electron chi connectivity index (χ1n) is 6.19. The molecular weight excluding hydrogens is 256 g/mol. The second-order valence-corrected chi connectivity index (χ2v) is 5.56. The standard InChI is InChI=1S/C16H14O2S/c1-18-12-6-4-5-11(9-12)16(17)14-10-19-15-8-3-2-7-13(14)15/h2-9,14H,10H2,1H3. The van der Waals surface area contributed by atoms with Crippen molar-refractivity contribution in [1.29, 1.82) is 0 Å². The number of hydrogen-bond acceptors (Lipinski definition) is 3. The van der Waals surface area contributed by atoms with Crippen molar-refractivity contribution >= 4 is 17.5 Å². The summed E-state index contributed by atoms with van der Waals surface area (Å²) in [6, 6.07) is 15.5. The molecule has 0 N–H and O–H groups in total. The van der Waals surface area contributed by atoms with Gasteiger partial charge in [0.1, 0.15) is 5.75 Å². The van der Waals surface area contributed by atoms with E-state index in [2.05, 4.69) is 12.1 Å². The summed E-state index contributed by atoms with van der Waals surface area (Å²) in [6.45, 7) is 0. The maximum Gasteiger partial charge on any atom is 0.171 e. The van der Waals surface area contributed by atoms with Crippen LogP contribution in [0.5, 0.6) is 5.75 Å². The SMILES string of the molecule is COc1cccc(C(=O)C2CSc3ccccc32)c1. The molecule has 0 saturated carbocycles. The zero-order valence-corrected chi connectivity index (χ0v) is 11.4. The summed E-state index contributed by atoms with van der Waals surface area (Å²) in [4.78, 5) is 13.8. The van der Waals surface area contributed by atoms with Gasteiger partial charge in [-0.25, -0.2) is 0 Å². The Bertz CT molecular complexity index is 622. The molecule has 1 aliphatic heterocycles. The zero-order valence-electron chi connectivity index (χ0n) is 10.6. The van der Waals surface area contributed by atoms with Crippen molar-refractivity contribution in [3.63, 3.8) is 0 Å². The number of fused-ring (bicyclic) bond motifs is 1. The van der Waals surface area contributed by atoms with E-state index in [0.29, 0.717) is 0 Å². The van der Waals surface area contributed by atoms with Crippen LogP contribution in [0.1, 0.15) is 21.8 Å². The molecule has 96 valence electrons. The van der Waals surface area contributed by atoms with Gasteiger partial charge in [0.15, 0.2) is 5.78 Å². The molecule has 1 atom stereocenters. The number of rotatable bonds is 3. The van der Waals surface area contributed by atoms with Gasteiger partial charge in [-0.1, -0.05) is 30.3 Å². The lowest BCUT2D eigenvalue weighted by atomic mass is 9.92. The quantitative estimate of drug-likeness (QED) is 0.794. The lowest BCUT2D eigenvalue weighted by Gasteiger charge is -2.10. The lowest BCUT2D eigenvalue weighted by Crippen LogP contribution is -2.12. The molecular formula is C16H14O2S. The highest BCUT2D eigenvalue weighted by atomic mass is 32.2. The van der Waals surface area contributed by atoms with E-state index in [1.165, 1.54) is 4.90 Å². The van der Waals surface area contributed by atoms with Crippen LogP contribution in [-0.2, 0) is 0 Å². The summed E-state index contributed by atoms with van der Waals surface area (Å²) < 4.78 is 5.18. The average Bonchev–Trinajstić information content (AvgIpc) is 2.90. The molecule has 0 radical (unpaired) electrons. The van der Waals surface area contributed by atoms with Gasteiger partial charge in [-0.2, -0.15) is 0 Å². The van der Waals surface area contributed by atoms with E-state index in [4.69, 9.17) is 4.74 Å². The van der Waals surface area contributed by atoms with E-state index in [1.807, 2.05) is 36.4 Å². The smallest absolute Gasteiger partial charge is 0.171 e. The Kier molecular flexibility index (Phi) is 3.30. The predicted octanol–water partition coefficient (Wildman–Crippen LogP) is 3.77. The van der Waals surface area contributed by atoms with Crippen molar-refractivity contribution in [2.45, 2.75) is 10.8 Å². The van der Waals surface area contributed by atoms with Crippen LogP contribution >= 0.6 is 11.8 Å². The Morgan fingerprint density at radius 1 is 1.21 bits per heavy atom. The molecule has 2 aromatic rings. The van der Waals surface area contributed by atoms with E-state index in [1.54, 1.807) is 18.9 Å². The molecule has 0 spiro atoms. The number of Topliss-reactive ketones (excluding diaryl/α,β-unsaturated/α-hetero) is 1. The van der Waals surface area contributed by atoms with Crippen LogP contribution in [-0.4, -0.2) is 18.6 Å². The molecule has 1 unspecified atom stereocenters. The van der Waals surface area contributed by atoms with E-state index >= 15 is 0 Å². The molecule has 0 amide bonds. The monoisotopic (exact) mass is 270 g/mol. The van der Waals surface area contributed by atoms with Crippen molar-refractivity contribution in [3.05, 3.63) is 59.7 Å². The molecule has 3 heteroatoms. The Morgan fingerprint density at radius 2 is 2.05 bits per heavy atom. The van der Waals surface area contributed by atoms with Crippen LogP contribution in [0.2, 0.25) is 0 Å². The minimum atomic E-state index is -0.0340. The molecule has 19 heavy (non-hydrogen) atoms. The number of methoxy groups -OCH3 is 1. The number of hydrogen-bond donors (Lipinski definition) is 0. The first kappa shape index (κ1) is 12.3. The summed E-state index contributed by atoms with van der Waals surface area (Å²) in [7, 11) is 1.62. The highest BCUT2D eigenvalue weighted by Gasteiger charge is 2.29. The van der Waals surface area contributed by atoms with Crippen LogP contribution in [0.4, 0.5) is 0 Å². The minimum Gasteiger partial charge on any atom is -0.497 e. The molecule has 1 aliphatic rings. The minimum absolute atomic E-state index is 0.0340. The van der Waals surface area contributed by atoms with E-state index < -0.39 is 0 Å². The molecule has 0 fully saturated rings.